The molecule has 0 saturated carbocycles. The largest absolute Gasteiger partial charge is 0.409 e. The van der Waals surface area contributed by atoms with Crippen LogP contribution in [0.25, 0.3) is 0 Å². The molecule has 1 fully saturated rings. The van der Waals surface area contributed by atoms with Gasteiger partial charge in [-0.25, -0.2) is 19.4 Å². The van der Waals surface area contributed by atoms with Crippen molar-refractivity contribution < 1.29 is 9.22 Å². The summed E-state index contributed by atoms with van der Waals surface area (Å²) in [6.45, 7) is 18.7. The standard InChI is InChI=1S/C24H37N5O2Si/c1-19-21-17-28(27-14-12-26(13-15-27)16-20-10-8-7-9-11-20)23(30)29(21)22(25-19)18-31-32(5,6)24(2,3)4/h7-11H,12-18H2,1-6H3. The summed E-state index contributed by atoms with van der Waals surface area (Å²) in [7, 11) is -1.92. The van der Waals surface area contributed by atoms with Crippen molar-refractivity contribution in [2.45, 2.75) is 65.5 Å². The van der Waals surface area contributed by atoms with Gasteiger partial charge >= 0.3 is 6.03 Å². The molecule has 7 nitrogen and oxygen atoms in total. The number of aromatic nitrogens is 2. The third-order valence-electron chi connectivity index (χ3n) is 7.26. The van der Waals surface area contributed by atoms with Gasteiger partial charge in [0.2, 0.25) is 0 Å². The average Bonchev–Trinajstić information content (AvgIpc) is 3.24. The molecule has 0 N–H and O–H groups in total. The minimum Gasteiger partial charge on any atom is -0.409 e. The molecule has 1 aromatic carbocycles. The summed E-state index contributed by atoms with van der Waals surface area (Å²) in [6.07, 6.45) is 0. The first kappa shape index (κ1) is 23.2. The van der Waals surface area contributed by atoms with E-state index in [2.05, 4.69) is 74.1 Å². The van der Waals surface area contributed by atoms with E-state index in [0.717, 1.165) is 49.9 Å². The highest BCUT2D eigenvalue weighted by Crippen LogP contribution is 2.37. The maximum Gasteiger partial charge on any atom is 0.344 e. The van der Waals surface area contributed by atoms with Gasteiger partial charge in [-0.05, 0) is 30.6 Å². The summed E-state index contributed by atoms with van der Waals surface area (Å²) < 4.78 is 8.17. The summed E-state index contributed by atoms with van der Waals surface area (Å²) >= 11 is 0. The lowest BCUT2D eigenvalue weighted by molar-refractivity contribution is -0.0231. The molecule has 32 heavy (non-hydrogen) atoms. The molecule has 0 bridgehead atoms. The smallest absolute Gasteiger partial charge is 0.344 e. The molecule has 1 amide bonds. The van der Waals surface area contributed by atoms with Gasteiger partial charge in [0.25, 0.3) is 0 Å². The number of hydrogen-bond acceptors (Lipinski definition) is 5. The van der Waals surface area contributed by atoms with E-state index < -0.39 is 8.32 Å². The number of carbonyl (C=O) groups is 1. The number of carbonyl (C=O) groups excluding carboxylic acids is 1. The SMILES string of the molecule is Cc1nc(CO[Si](C)(C)C(C)(C)C)n2c1CN(N1CCN(Cc3ccccc3)CC1)C2=O. The van der Waals surface area contributed by atoms with Crippen molar-refractivity contribution in [2.24, 2.45) is 0 Å². The lowest BCUT2D eigenvalue weighted by atomic mass is 10.2. The third kappa shape index (κ3) is 4.55. The first-order valence-electron chi connectivity index (χ1n) is 11.6. The number of imidazole rings is 1. The summed E-state index contributed by atoms with van der Waals surface area (Å²) in [5.74, 6) is 0.734. The normalized spacial score (nSPS) is 18.4. The fourth-order valence-corrected chi connectivity index (χ4v) is 5.04. The lowest BCUT2D eigenvalue weighted by Crippen LogP contribution is -2.54. The summed E-state index contributed by atoms with van der Waals surface area (Å²) in [5.41, 5.74) is 3.26. The number of hydrogen-bond donors (Lipinski definition) is 0. The van der Waals surface area contributed by atoms with Crippen LogP contribution in [-0.2, 0) is 24.1 Å². The molecule has 1 aromatic heterocycles. The topological polar surface area (TPSA) is 53.8 Å². The van der Waals surface area contributed by atoms with Gasteiger partial charge in [-0.1, -0.05) is 51.1 Å². The van der Waals surface area contributed by atoms with E-state index in [-0.39, 0.29) is 11.1 Å². The van der Waals surface area contributed by atoms with Crippen LogP contribution in [0.3, 0.4) is 0 Å². The Morgan fingerprint density at radius 3 is 2.34 bits per heavy atom. The van der Waals surface area contributed by atoms with E-state index in [1.165, 1.54) is 5.56 Å². The van der Waals surface area contributed by atoms with Crippen LogP contribution in [0.2, 0.25) is 18.1 Å². The van der Waals surface area contributed by atoms with Crippen molar-refractivity contribution in [2.75, 3.05) is 26.2 Å². The van der Waals surface area contributed by atoms with Gasteiger partial charge in [0, 0.05) is 32.7 Å². The molecule has 174 valence electrons. The Balaban J connectivity index is 1.39. The monoisotopic (exact) mass is 455 g/mol. The number of fused-ring (bicyclic) bond motifs is 1. The van der Waals surface area contributed by atoms with Crippen molar-refractivity contribution in [3.63, 3.8) is 0 Å². The fraction of sp³-hybridized carbons (Fsp3) is 0.583. The Kier molecular flexibility index (Phi) is 6.33. The first-order valence-corrected chi connectivity index (χ1v) is 14.5. The Hall–Kier alpha value is -2.00. The minimum atomic E-state index is -1.92. The van der Waals surface area contributed by atoms with Crippen LogP contribution in [0.1, 0.15) is 43.5 Å². The van der Waals surface area contributed by atoms with E-state index in [1.807, 2.05) is 11.9 Å². The molecule has 0 spiro atoms. The Morgan fingerprint density at radius 2 is 1.72 bits per heavy atom. The maximum atomic E-state index is 13.4. The fourth-order valence-electron chi connectivity index (χ4n) is 4.12. The van der Waals surface area contributed by atoms with E-state index in [9.17, 15) is 4.79 Å². The Bertz CT molecular complexity index is 959. The zero-order chi connectivity index (χ0) is 23.1. The van der Waals surface area contributed by atoms with Gasteiger partial charge < -0.3 is 4.43 Å². The predicted molar refractivity (Wildman–Crippen MR) is 129 cm³/mol. The highest BCUT2D eigenvalue weighted by molar-refractivity contribution is 6.74. The van der Waals surface area contributed by atoms with Crippen molar-refractivity contribution in [1.82, 2.24) is 24.5 Å². The van der Waals surface area contributed by atoms with Crippen LogP contribution in [0.15, 0.2) is 30.3 Å². The predicted octanol–water partition coefficient (Wildman–Crippen LogP) is 4.23. The number of amides is 1. The van der Waals surface area contributed by atoms with Crippen molar-refractivity contribution in [3.05, 3.63) is 53.1 Å². The molecular weight excluding hydrogens is 418 g/mol. The van der Waals surface area contributed by atoms with Gasteiger partial charge in [-0.2, -0.15) is 0 Å². The van der Waals surface area contributed by atoms with Gasteiger partial charge in [-0.15, -0.1) is 0 Å². The quantitative estimate of drug-likeness (QED) is 0.610. The molecule has 0 aliphatic carbocycles. The molecule has 2 aliphatic heterocycles. The average molecular weight is 456 g/mol. The van der Waals surface area contributed by atoms with Crippen molar-refractivity contribution >= 4 is 14.3 Å². The molecule has 4 rings (SSSR count). The molecule has 3 heterocycles. The second-order valence-corrected chi connectivity index (χ2v) is 15.3. The number of aryl methyl sites for hydroxylation is 1. The summed E-state index contributed by atoms with van der Waals surface area (Å²) in [6, 6.07) is 10.6. The Morgan fingerprint density at radius 1 is 1.06 bits per heavy atom. The van der Waals surface area contributed by atoms with Crippen LogP contribution in [0.5, 0.6) is 0 Å². The zero-order valence-corrected chi connectivity index (χ0v) is 21.4. The zero-order valence-electron chi connectivity index (χ0n) is 20.4. The van der Waals surface area contributed by atoms with E-state index >= 15 is 0 Å². The summed E-state index contributed by atoms with van der Waals surface area (Å²) in [5, 5.41) is 4.23. The first-order chi connectivity index (χ1) is 15.1. The van der Waals surface area contributed by atoms with Crippen LogP contribution < -0.4 is 0 Å². The van der Waals surface area contributed by atoms with Gasteiger partial charge in [0.15, 0.2) is 8.32 Å². The van der Waals surface area contributed by atoms with Crippen LogP contribution >= 0.6 is 0 Å². The number of piperazine rings is 1. The maximum absolute atomic E-state index is 13.4. The van der Waals surface area contributed by atoms with E-state index in [0.29, 0.717) is 13.2 Å². The van der Waals surface area contributed by atoms with Crippen molar-refractivity contribution in [1.29, 1.82) is 0 Å². The number of hydrazine groups is 1. The van der Waals surface area contributed by atoms with Crippen LogP contribution in [-0.4, -0.2) is 65.0 Å². The lowest BCUT2D eigenvalue weighted by Gasteiger charge is -2.39. The van der Waals surface area contributed by atoms with Crippen molar-refractivity contribution in [3.8, 4) is 0 Å². The number of nitrogens with zero attached hydrogens (tertiary/aromatic N) is 5. The van der Waals surface area contributed by atoms with Gasteiger partial charge in [0.05, 0.1) is 24.5 Å². The number of rotatable bonds is 6. The molecule has 0 unspecified atom stereocenters. The highest BCUT2D eigenvalue weighted by atomic mass is 28.4. The molecule has 0 radical (unpaired) electrons. The Labute approximate surface area is 193 Å². The molecule has 0 atom stereocenters. The summed E-state index contributed by atoms with van der Waals surface area (Å²) in [4.78, 5) is 20.5. The molecule has 1 saturated heterocycles. The van der Waals surface area contributed by atoms with E-state index in [1.54, 1.807) is 4.57 Å². The van der Waals surface area contributed by atoms with E-state index in [4.69, 9.17) is 9.41 Å². The molecule has 2 aliphatic rings. The molecular formula is C24H37N5O2Si. The van der Waals surface area contributed by atoms with Gasteiger partial charge in [0.1, 0.15) is 5.82 Å². The van der Waals surface area contributed by atoms with Crippen LogP contribution in [0.4, 0.5) is 4.79 Å². The number of benzene rings is 1. The molecule has 2 aromatic rings. The van der Waals surface area contributed by atoms with Gasteiger partial charge in [-0.3, -0.25) is 9.91 Å². The minimum absolute atomic E-state index is 0.00550. The second-order valence-electron chi connectivity index (χ2n) is 10.5. The highest BCUT2D eigenvalue weighted by Gasteiger charge is 2.40. The second kappa shape index (κ2) is 8.74. The van der Waals surface area contributed by atoms with Crippen LogP contribution in [0, 0.1) is 6.92 Å². The molecule has 8 heteroatoms. The third-order valence-corrected chi connectivity index (χ3v) is 11.7.